The highest BCUT2D eigenvalue weighted by atomic mass is 35.5. The minimum atomic E-state index is -0.751. The molecule has 1 amide bonds. The summed E-state index contributed by atoms with van der Waals surface area (Å²) in [6.45, 7) is 3.16. The van der Waals surface area contributed by atoms with Gasteiger partial charge in [-0.3, -0.25) is 25.0 Å². The Labute approximate surface area is 180 Å². The molecule has 10 nitrogen and oxygen atoms in total. The van der Waals surface area contributed by atoms with E-state index < -0.39 is 27.1 Å². The molecule has 0 aliphatic rings. The lowest BCUT2D eigenvalue weighted by Gasteiger charge is -2.07. The van der Waals surface area contributed by atoms with Crippen molar-refractivity contribution in [1.29, 1.82) is 0 Å². The van der Waals surface area contributed by atoms with Crippen LogP contribution in [0.5, 0.6) is 5.75 Å². The number of halogens is 1. The van der Waals surface area contributed by atoms with Gasteiger partial charge in [0.05, 0.1) is 15.5 Å². The summed E-state index contributed by atoms with van der Waals surface area (Å²) in [6.07, 6.45) is 0. The molecule has 0 atom stereocenters. The molecular formula is C20H16ClN3O7. The molecule has 0 unspecified atom stereocenters. The predicted octanol–water partition coefficient (Wildman–Crippen LogP) is 5.20. The fourth-order valence-corrected chi connectivity index (χ4v) is 2.88. The molecule has 1 heterocycles. The second kappa shape index (κ2) is 8.84. The summed E-state index contributed by atoms with van der Waals surface area (Å²) in [4.78, 5) is 33.3. The Bertz CT molecular complexity index is 1150. The maximum absolute atomic E-state index is 12.4. The number of rotatable bonds is 7. The van der Waals surface area contributed by atoms with Gasteiger partial charge in [0.1, 0.15) is 23.7 Å². The van der Waals surface area contributed by atoms with E-state index in [9.17, 15) is 25.0 Å². The minimum absolute atomic E-state index is 0.0514. The average molecular weight is 446 g/mol. The number of aryl methyl sites for hydroxylation is 1. The van der Waals surface area contributed by atoms with Crippen LogP contribution in [0.4, 0.5) is 17.1 Å². The summed E-state index contributed by atoms with van der Waals surface area (Å²) in [6, 6.07) is 10.2. The smallest absolute Gasteiger partial charge is 0.291 e. The lowest BCUT2D eigenvalue weighted by Crippen LogP contribution is -2.12. The molecule has 11 heteroatoms. The van der Waals surface area contributed by atoms with Crippen molar-refractivity contribution in [3.05, 3.63) is 90.4 Å². The number of nitrogens with one attached hydrogen (secondary N) is 1. The zero-order valence-corrected chi connectivity index (χ0v) is 17.1. The zero-order chi connectivity index (χ0) is 22.7. The van der Waals surface area contributed by atoms with E-state index in [1.165, 1.54) is 19.1 Å². The number of hydrogen-bond donors (Lipinski definition) is 1. The number of nitrogens with zero attached hydrogens (tertiary/aromatic N) is 2. The first-order valence-electron chi connectivity index (χ1n) is 8.88. The molecule has 3 rings (SSSR count). The normalized spacial score (nSPS) is 10.5. The molecule has 0 spiro atoms. The van der Waals surface area contributed by atoms with Crippen LogP contribution in [0.1, 0.15) is 27.4 Å². The molecule has 0 aliphatic carbocycles. The maximum Gasteiger partial charge on any atom is 0.291 e. The van der Waals surface area contributed by atoms with E-state index >= 15 is 0 Å². The minimum Gasteiger partial charge on any atom is -0.486 e. The van der Waals surface area contributed by atoms with Gasteiger partial charge in [-0.25, -0.2) is 0 Å². The summed E-state index contributed by atoms with van der Waals surface area (Å²) >= 11 is 5.97. The quantitative estimate of drug-likeness (QED) is 0.389. The summed E-state index contributed by atoms with van der Waals surface area (Å²) in [5.41, 5.74) is -0.310. The number of anilines is 1. The van der Waals surface area contributed by atoms with Crippen LogP contribution in [-0.4, -0.2) is 15.8 Å². The van der Waals surface area contributed by atoms with Crippen molar-refractivity contribution < 1.29 is 23.8 Å². The van der Waals surface area contributed by atoms with Gasteiger partial charge in [-0.2, -0.15) is 0 Å². The molecule has 2 aromatic carbocycles. The van der Waals surface area contributed by atoms with Crippen LogP contribution in [0.25, 0.3) is 0 Å². The van der Waals surface area contributed by atoms with Crippen LogP contribution in [-0.2, 0) is 6.61 Å². The Morgan fingerprint density at radius 3 is 2.29 bits per heavy atom. The first-order valence-corrected chi connectivity index (χ1v) is 9.26. The largest absolute Gasteiger partial charge is 0.486 e. The van der Waals surface area contributed by atoms with E-state index in [2.05, 4.69) is 5.32 Å². The van der Waals surface area contributed by atoms with Crippen molar-refractivity contribution in [3.8, 4) is 5.75 Å². The second-order valence-corrected chi connectivity index (χ2v) is 6.98. The third-order valence-electron chi connectivity index (χ3n) is 4.40. The number of ether oxygens (including phenoxy) is 1. The average Bonchev–Trinajstić information content (AvgIpc) is 3.19. The Morgan fingerprint density at radius 2 is 1.71 bits per heavy atom. The molecule has 0 saturated carbocycles. The van der Waals surface area contributed by atoms with E-state index in [0.29, 0.717) is 16.5 Å². The lowest BCUT2D eigenvalue weighted by molar-refractivity contribution is -0.395. The number of nitro benzene ring substituents is 2. The summed E-state index contributed by atoms with van der Waals surface area (Å²) < 4.78 is 11.0. The molecule has 0 aliphatic heterocycles. The monoisotopic (exact) mass is 445 g/mol. The Morgan fingerprint density at radius 1 is 1.06 bits per heavy atom. The van der Waals surface area contributed by atoms with E-state index in [4.69, 9.17) is 20.8 Å². The van der Waals surface area contributed by atoms with Crippen molar-refractivity contribution in [2.75, 3.05) is 5.32 Å². The third-order valence-corrected chi connectivity index (χ3v) is 4.82. The number of hydrogen-bond acceptors (Lipinski definition) is 7. The van der Waals surface area contributed by atoms with Crippen molar-refractivity contribution in [1.82, 2.24) is 0 Å². The van der Waals surface area contributed by atoms with E-state index in [0.717, 1.165) is 17.7 Å². The van der Waals surface area contributed by atoms with Gasteiger partial charge in [0.15, 0.2) is 5.76 Å². The number of carbonyl (C=O) groups is 1. The molecule has 31 heavy (non-hydrogen) atoms. The van der Waals surface area contributed by atoms with Gasteiger partial charge in [-0.05, 0) is 49.7 Å². The first kappa shape index (κ1) is 21.8. The molecular weight excluding hydrogens is 430 g/mol. The molecule has 160 valence electrons. The number of carbonyl (C=O) groups excluding carboxylic acids is 1. The molecule has 0 fully saturated rings. The maximum atomic E-state index is 12.4. The highest BCUT2D eigenvalue weighted by Crippen LogP contribution is 2.32. The predicted molar refractivity (Wildman–Crippen MR) is 112 cm³/mol. The van der Waals surface area contributed by atoms with Gasteiger partial charge in [0.25, 0.3) is 17.3 Å². The molecule has 1 aromatic heterocycles. The fourth-order valence-electron chi connectivity index (χ4n) is 2.77. The zero-order valence-electron chi connectivity index (χ0n) is 16.4. The van der Waals surface area contributed by atoms with Crippen LogP contribution in [0.15, 0.2) is 46.9 Å². The first-order chi connectivity index (χ1) is 14.7. The Kier molecular flexibility index (Phi) is 6.21. The topological polar surface area (TPSA) is 138 Å². The molecule has 3 aromatic rings. The van der Waals surface area contributed by atoms with Gasteiger partial charge in [-0.15, -0.1) is 0 Å². The van der Waals surface area contributed by atoms with Crippen LogP contribution < -0.4 is 10.1 Å². The standard InChI is InChI=1S/C20H16ClN3O7/c1-11-7-14(3-5-16(11)21)30-10-15-4-6-19(31-15)20(25)22-13-8-17(23(26)27)12(2)18(9-13)24(28)29/h3-9H,10H2,1-2H3,(H,22,25). The van der Waals surface area contributed by atoms with E-state index in [-0.39, 0.29) is 23.6 Å². The van der Waals surface area contributed by atoms with Crippen LogP contribution in [0.2, 0.25) is 5.02 Å². The van der Waals surface area contributed by atoms with Gasteiger partial charge in [-0.1, -0.05) is 11.6 Å². The summed E-state index contributed by atoms with van der Waals surface area (Å²) in [5.74, 6) is 0.125. The second-order valence-electron chi connectivity index (χ2n) is 6.57. The summed E-state index contributed by atoms with van der Waals surface area (Å²) in [7, 11) is 0. The molecule has 0 saturated heterocycles. The van der Waals surface area contributed by atoms with Crippen molar-refractivity contribution in [3.63, 3.8) is 0 Å². The Hall–Kier alpha value is -3.92. The van der Waals surface area contributed by atoms with Crippen LogP contribution in [0.3, 0.4) is 0 Å². The van der Waals surface area contributed by atoms with Gasteiger partial charge >= 0.3 is 0 Å². The number of nitro groups is 2. The molecule has 0 radical (unpaired) electrons. The number of benzene rings is 2. The van der Waals surface area contributed by atoms with Crippen molar-refractivity contribution in [2.24, 2.45) is 0 Å². The van der Waals surface area contributed by atoms with Gasteiger partial charge in [0, 0.05) is 17.2 Å². The summed E-state index contributed by atoms with van der Waals surface area (Å²) in [5, 5.41) is 25.3. The number of amides is 1. The molecule has 1 N–H and O–H groups in total. The van der Waals surface area contributed by atoms with Crippen molar-refractivity contribution >= 4 is 34.6 Å². The molecule has 0 bridgehead atoms. The van der Waals surface area contributed by atoms with E-state index in [1.54, 1.807) is 18.2 Å². The highest BCUT2D eigenvalue weighted by molar-refractivity contribution is 6.31. The van der Waals surface area contributed by atoms with Crippen LogP contribution in [0, 0.1) is 34.1 Å². The third kappa shape index (κ3) is 4.98. The van der Waals surface area contributed by atoms with Gasteiger partial charge < -0.3 is 14.5 Å². The lowest BCUT2D eigenvalue weighted by atomic mass is 10.1. The highest BCUT2D eigenvalue weighted by Gasteiger charge is 2.24. The SMILES string of the molecule is Cc1cc(OCc2ccc(C(=O)Nc3cc([N+](=O)[O-])c(C)c([N+](=O)[O-])c3)o2)ccc1Cl. The van der Waals surface area contributed by atoms with Crippen molar-refractivity contribution in [2.45, 2.75) is 20.5 Å². The van der Waals surface area contributed by atoms with Gasteiger partial charge in [0.2, 0.25) is 0 Å². The fraction of sp³-hybridized carbons (Fsp3) is 0.150. The van der Waals surface area contributed by atoms with E-state index in [1.807, 2.05) is 6.92 Å². The Balaban J connectivity index is 1.73. The van der Waals surface area contributed by atoms with Crippen LogP contribution >= 0.6 is 11.6 Å². The number of furan rings is 1.